The van der Waals surface area contributed by atoms with E-state index in [1.807, 2.05) is 0 Å². The van der Waals surface area contributed by atoms with E-state index in [0.29, 0.717) is 18.9 Å². The molecule has 0 aromatic heterocycles. The lowest BCUT2D eigenvalue weighted by molar-refractivity contribution is -0.122. The van der Waals surface area contributed by atoms with Crippen LogP contribution in [0.3, 0.4) is 0 Å². The molecule has 19 heavy (non-hydrogen) atoms. The number of phenolic OH excluding ortho intramolecular Hbond substituents is 1. The molecule has 1 atom stereocenters. The Kier molecular flexibility index (Phi) is 4.39. The predicted molar refractivity (Wildman–Crippen MR) is 71.5 cm³/mol. The van der Waals surface area contributed by atoms with Crippen LogP contribution >= 0.6 is 0 Å². The zero-order valence-corrected chi connectivity index (χ0v) is 10.7. The van der Waals surface area contributed by atoms with Crippen LogP contribution in [0.2, 0.25) is 0 Å². The van der Waals surface area contributed by atoms with Gasteiger partial charge in [-0.05, 0) is 42.9 Å². The average molecular weight is 264 g/mol. The largest absolute Gasteiger partial charge is 0.508 e. The molecule has 1 fully saturated rings. The van der Waals surface area contributed by atoms with Crippen LogP contribution in [0.25, 0.3) is 0 Å². The summed E-state index contributed by atoms with van der Waals surface area (Å²) < 4.78 is 0. The number of hydrogen-bond acceptors (Lipinski definition) is 4. The number of rotatable bonds is 5. The molecule has 0 heterocycles. The Morgan fingerprint density at radius 3 is 2.58 bits per heavy atom. The van der Waals surface area contributed by atoms with Crippen molar-refractivity contribution in [1.82, 2.24) is 5.32 Å². The van der Waals surface area contributed by atoms with Gasteiger partial charge in [-0.25, -0.2) is 0 Å². The first-order valence-electron chi connectivity index (χ1n) is 6.54. The monoisotopic (exact) mass is 264 g/mol. The third-order valence-corrected chi connectivity index (χ3v) is 3.50. The van der Waals surface area contributed by atoms with Gasteiger partial charge in [-0.3, -0.25) is 4.79 Å². The van der Waals surface area contributed by atoms with Crippen LogP contribution in [0.15, 0.2) is 24.3 Å². The first-order chi connectivity index (χ1) is 9.04. The number of nitrogens with two attached hydrogens (primary N) is 1. The van der Waals surface area contributed by atoms with Crippen molar-refractivity contribution in [3.63, 3.8) is 0 Å². The maximum Gasteiger partial charge on any atom is 0.237 e. The van der Waals surface area contributed by atoms with E-state index in [9.17, 15) is 4.79 Å². The summed E-state index contributed by atoms with van der Waals surface area (Å²) >= 11 is 0. The van der Waals surface area contributed by atoms with Crippen LogP contribution < -0.4 is 11.1 Å². The molecule has 5 N–H and O–H groups in total. The molecule has 1 aromatic carbocycles. The molecule has 2 rings (SSSR count). The van der Waals surface area contributed by atoms with Gasteiger partial charge in [0.05, 0.1) is 12.1 Å². The number of phenols is 1. The number of carbonyl (C=O) groups excluding carboxylic acids is 1. The summed E-state index contributed by atoms with van der Waals surface area (Å²) in [6.45, 7) is 0.583. The summed E-state index contributed by atoms with van der Waals surface area (Å²) in [5, 5.41) is 21.1. The highest BCUT2D eigenvalue weighted by atomic mass is 16.3. The number of amides is 1. The van der Waals surface area contributed by atoms with Crippen molar-refractivity contribution in [2.45, 2.75) is 31.4 Å². The molecule has 1 amide bonds. The Morgan fingerprint density at radius 2 is 2.00 bits per heavy atom. The van der Waals surface area contributed by atoms with Crippen molar-refractivity contribution in [3.8, 4) is 5.75 Å². The third-order valence-electron chi connectivity index (χ3n) is 3.50. The Morgan fingerprint density at radius 1 is 1.37 bits per heavy atom. The third kappa shape index (κ3) is 3.94. The second kappa shape index (κ2) is 6.04. The van der Waals surface area contributed by atoms with E-state index in [1.165, 1.54) is 0 Å². The van der Waals surface area contributed by atoms with Crippen LogP contribution in [-0.4, -0.2) is 34.8 Å². The fraction of sp³-hybridized carbons (Fsp3) is 0.500. The highest BCUT2D eigenvalue weighted by Crippen LogP contribution is 2.26. The van der Waals surface area contributed by atoms with Gasteiger partial charge in [-0.15, -0.1) is 0 Å². The van der Waals surface area contributed by atoms with Gasteiger partial charge in [-0.2, -0.15) is 0 Å². The van der Waals surface area contributed by atoms with E-state index in [0.717, 1.165) is 18.4 Å². The van der Waals surface area contributed by atoms with Gasteiger partial charge in [-0.1, -0.05) is 12.1 Å². The number of carbonyl (C=O) groups is 1. The van der Waals surface area contributed by atoms with E-state index in [2.05, 4.69) is 5.32 Å². The van der Waals surface area contributed by atoms with Gasteiger partial charge in [0.25, 0.3) is 0 Å². The SMILES string of the molecule is N[C@H](Cc1ccc(O)cc1)C(=O)NCC1CC(O)C1. The second-order valence-corrected chi connectivity index (χ2v) is 5.21. The number of benzene rings is 1. The minimum absolute atomic E-state index is 0.172. The van der Waals surface area contributed by atoms with Gasteiger partial charge in [0, 0.05) is 6.54 Å². The van der Waals surface area contributed by atoms with E-state index >= 15 is 0 Å². The molecule has 104 valence electrons. The molecular weight excluding hydrogens is 244 g/mol. The number of nitrogens with one attached hydrogen (secondary N) is 1. The first-order valence-corrected chi connectivity index (χ1v) is 6.54. The molecule has 5 heteroatoms. The van der Waals surface area contributed by atoms with Gasteiger partial charge in [0.2, 0.25) is 5.91 Å². The van der Waals surface area contributed by atoms with Crippen LogP contribution in [0.4, 0.5) is 0 Å². The summed E-state index contributed by atoms with van der Waals surface area (Å²) in [5.74, 6) is 0.402. The summed E-state index contributed by atoms with van der Waals surface area (Å²) in [5.41, 5.74) is 6.75. The molecule has 0 bridgehead atoms. The number of hydrogen-bond donors (Lipinski definition) is 4. The fourth-order valence-electron chi connectivity index (χ4n) is 2.22. The van der Waals surface area contributed by atoms with E-state index in [4.69, 9.17) is 15.9 Å². The predicted octanol–water partition coefficient (Wildman–Crippen LogP) is 0.149. The Hall–Kier alpha value is -1.59. The highest BCUT2D eigenvalue weighted by molar-refractivity contribution is 5.81. The summed E-state index contributed by atoms with van der Waals surface area (Å²) in [6.07, 6.45) is 1.76. The minimum Gasteiger partial charge on any atom is -0.508 e. The zero-order chi connectivity index (χ0) is 13.8. The average Bonchev–Trinajstić information content (AvgIpc) is 2.35. The first kappa shape index (κ1) is 13.8. The molecule has 1 aliphatic rings. The standard InChI is InChI=1S/C14H20N2O3/c15-13(7-9-1-3-11(17)4-2-9)14(19)16-8-10-5-12(18)6-10/h1-4,10,12-13,17-18H,5-8,15H2,(H,16,19)/t10?,12?,13-/m1/s1. The van der Waals surface area contributed by atoms with Crippen molar-refractivity contribution < 1.29 is 15.0 Å². The van der Waals surface area contributed by atoms with Crippen LogP contribution in [-0.2, 0) is 11.2 Å². The van der Waals surface area contributed by atoms with E-state index in [1.54, 1.807) is 24.3 Å². The van der Waals surface area contributed by atoms with Crippen LogP contribution in [0.5, 0.6) is 5.75 Å². The highest BCUT2D eigenvalue weighted by Gasteiger charge is 2.27. The maximum absolute atomic E-state index is 11.8. The second-order valence-electron chi connectivity index (χ2n) is 5.21. The summed E-state index contributed by atoms with van der Waals surface area (Å²) in [6, 6.07) is 6.08. The molecule has 1 aliphatic carbocycles. The lowest BCUT2D eigenvalue weighted by Gasteiger charge is -2.31. The van der Waals surface area contributed by atoms with Crippen LogP contribution in [0, 0.1) is 5.92 Å². The van der Waals surface area contributed by atoms with Gasteiger partial charge < -0.3 is 21.3 Å². The Balaban J connectivity index is 1.74. The molecule has 1 aromatic rings. The number of aliphatic hydroxyl groups excluding tert-OH is 1. The minimum atomic E-state index is -0.588. The molecule has 5 nitrogen and oxygen atoms in total. The van der Waals surface area contributed by atoms with Crippen molar-refractivity contribution in [3.05, 3.63) is 29.8 Å². The maximum atomic E-state index is 11.8. The van der Waals surface area contributed by atoms with Gasteiger partial charge >= 0.3 is 0 Å². The van der Waals surface area contributed by atoms with Gasteiger partial charge in [0.1, 0.15) is 5.75 Å². The molecule has 1 saturated carbocycles. The molecule has 0 unspecified atom stereocenters. The number of aromatic hydroxyl groups is 1. The Bertz CT molecular complexity index is 427. The Labute approximate surface area is 112 Å². The molecule has 0 saturated heterocycles. The van der Waals surface area contributed by atoms with Crippen LogP contribution in [0.1, 0.15) is 18.4 Å². The smallest absolute Gasteiger partial charge is 0.237 e. The zero-order valence-electron chi connectivity index (χ0n) is 10.7. The topological polar surface area (TPSA) is 95.6 Å². The fourth-order valence-corrected chi connectivity index (χ4v) is 2.22. The quantitative estimate of drug-likeness (QED) is 0.608. The lowest BCUT2D eigenvalue weighted by atomic mass is 9.82. The van der Waals surface area contributed by atoms with Crippen molar-refractivity contribution in [2.75, 3.05) is 6.54 Å². The van der Waals surface area contributed by atoms with Gasteiger partial charge in [0.15, 0.2) is 0 Å². The summed E-state index contributed by atoms with van der Waals surface area (Å²) in [7, 11) is 0. The molecule has 0 aliphatic heterocycles. The normalized spacial score (nSPS) is 23.5. The van der Waals surface area contributed by atoms with E-state index < -0.39 is 6.04 Å². The lowest BCUT2D eigenvalue weighted by Crippen LogP contribution is -2.46. The van der Waals surface area contributed by atoms with Crippen molar-refractivity contribution in [1.29, 1.82) is 0 Å². The molecule has 0 spiro atoms. The molecule has 0 radical (unpaired) electrons. The van der Waals surface area contributed by atoms with E-state index in [-0.39, 0.29) is 17.8 Å². The molecular formula is C14H20N2O3. The number of aliphatic hydroxyl groups is 1. The summed E-state index contributed by atoms with van der Waals surface area (Å²) in [4.78, 5) is 11.8. The van der Waals surface area contributed by atoms with Crippen molar-refractivity contribution in [2.24, 2.45) is 11.7 Å². The van der Waals surface area contributed by atoms with Crippen molar-refractivity contribution >= 4 is 5.91 Å².